The van der Waals surface area contributed by atoms with Gasteiger partial charge in [-0.3, -0.25) is 0 Å². The van der Waals surface area contributed by atoms with Crippen LogP contribution in [0.25, 0.3) is 55.3 Å². The molecule has 0 aromatic heterocycles. The van der Waals surface area contributed by atoms with Crippen molar-refractivity contribution in [1.82, 2.24) is 0 Å². The van der Waals surface area contributed by atoms with E-state index < -0.39 is 0 Å². The minimum Gasteiger partial charge on any atom is -0.0622 e. The fourth-order valence-corrected chi connectivity index (χ4v) is 5.79. The molecular formula is C38H32. The third-order valence-electron chi connectivity index (χ3n) is 7.35. The summed E-state index contributed by atoms with van der Waals surface area (Å²) < 4.78 is 0. The highest BCUT2D eigenvalue weighted by atomic mass is 14.2. The topological polar surface area (TPSA) is 0 Å². The summed E-state index contributed by atoms with van der Waals surface area (Å²) in [5.74, 6) is 0. The molecule has 0 fully saturated rings. The lowest BCUT2D eigenvalue weighted by Gasteiger charge is -2.18. The number of hydrogen-bond acceptors (Lipinski definition) is 0. The monoisotopic (exact) mass is 488 g/mol. The first-order valence-corrected chi connectivity index (χ1v) is 13.3. The Labute approximate surface area is 226 Å². The molecule has 0 saturated carbocycles. The van der Waals surface area contributed by atoms with Gasteiger partial charge in [0.2, 0.25) is 0 Å². The van der Waals surface area contributed by atoms with E-state index in [0.717, 1.165) is 0 Å². The Morgan fingerprint density at radius 1 is 0.289 bits per heavy atom. The van der Waals surface area contributed by atoms with Crippen LogP contribution in [0.3, 0.4) is 0 Å². The lowest BCUT2D eigenvalue weighted by Crippen LogP contribution is -1.92. The maximum absolute atomic E-state index is 2.39. The standard InChI is InChI=1S/C38H32/c1-25-15-26(2)18-33(17-25)35-21-31(29-11-7-5-8-12-29)24-38-36(34-19-27(3)16-28(4)20-34)22-32(23-37(35)38)30-13-9-6-10-14-30/h5-24H,1-4H3. The van der Waals surface area contributed by atoms with Gasteiger partial charge in [0.15, 0.2) is 0 Å². The smallest absolute Gasteiger partial charge is 0.00926 e. The molecule has 0 N–H and O–H groups in total. The summed E-state index contributed by atoms with van der Waals surface area (Å²) in [5.41, 5.74) is 15.2. The van der Waals surface area contributed by atoms with Crippen molar-refractivity contribution < 1.29 is 0 Å². The Morgan fingerprint density at radius 3 is 0.974 bits per heavy atom. The predicted octanol–water partition coefficient (Wildman–Crippen LogP) is 10.7. The summed E-state index contributed by atoms with van der Waals surface area (Å²) >= 11 is 0. The van der Waals surface area contributed by atoms with Gasteiger partial charge >= 0.3 is 0 Å². The van der Waals surface area contributed by atoms with Crippen LogP contribution in [0, 0.1) is 27.7 Å². The van der Waals surface area contributed by atoms with Gasteiger partial charge in [0.1, 0.15) is 0 Å². The second-order valence-electron chi connectivity index (χ2n) is 10.6. The van der Waals surface area contributed by atoms with E-state index in [1.165, 1.54) is 77.5 Å². The van der Waals surface area contributed by atoms with Crippen LogP contribution in [0.5, 0.6) is 0 Å². The summed E-state index contributed by atoms with van der Waals surface area (Å²) in [6, 6.07) is 44.8. The average Bonchev–Trinajstić information content (AvgIpc) is 2.91. The maximum atomic E-state index is 2.39. The van der Waals surface area contributed by atoms with Crippen molar-refractivity contribution in [2.45, 2.75) is 27.7 Å². The molecule has 184 valence electrons. The molecule has 0 radical (unpaired) electrons. The molecule has 0 unspecified atom stereocenters. The summed E-state index contributed by atoms with van der Waals surface area (Å²) in [4.78, 5) is 0. The zero-order valence-electron chi connectivity index (χ0n) is 22.5. The van der Waals surface area contributed by atoms with E-state index >= 15 is 0 Å². The lowest BCUT2D eigenvalue weighted by atomic mass is 9.86. The molecule has 0 nitrogen and oxygen atoms in total. The third-order valence-corrected chi connectivity index (χ3v) is 7.35. The molecule has 0 saturated heterocycles. The molecule has 0 bridgehead atoms. The van der Waals surface area contributed by atoms with E-state index in [9.17, 15) is 0 Å². The summed E-state index contributed by atoms with van der Waals surface area (Å²) in [6.45, 7) is 8.76. The van der Waals surface area contributed by atoms with Crippen LogP contribution in [0.15, 0.2) is 121 Å². The van der Waals surface area contributed by atoms with Gasteiger partial charge < -0.3 is 0 Å². The van der Waals surface area contributed by atoms with Crippen LogP contribution < -0.4 is 0 Å². The third kappa shape index (κ3) is 4.66. The fraction of sp³-hybridized carbons (Fsp3) is 0.105. The minimum atomic E-state index is 1.23. The SMILES string of the molecule is Cc1cc(C)cc(-c2cc(-c3ccccc3)cc3c(-c4cc(C)cc(C)c4)cc(-c4ccccc4)cc23)c1. The summed E-state index contributed by atoms with van der Waals surface area (Å²) in [6.07, 6.45) is 0. The number of benzene rings is 6. The highest BCUT2D eigenvalue weighted by Crippen LogP contribution is 2.42. The molecule has 0 aliphatic heterocycles. The normalized spacial score (nSPS) is 11.2. The van der Waals surface area contributed by atoms with Crippen LogP contribution in [0.4, 0.5) is 0 Å². The van der Waals surface area contributed by atoms with Gasteiger partial charge in [0.05, 0.1) is 0 Å². The van der Waals surface area contributed by atoms with Crippen LogP contribution in [-0.4, -0.2) is 0 Å². The van der Waals surface area contributed by atoms with Gasteiger partial charge in [-0.1, -0.05) is 119 Å². The van der Waals surface area contributed by atoms with Crippen LogP contribution in [-0.2, 0) is 0 Å². The quantitative estimate of drug-likeness (QED) is 0.231. The first kappa shape index (κ1) is 23.9. The Bertz CT molecular complexity index is 1600. The van der Waals surface area contributed by atoms with E-state index in [-0.39, 0.29) is 0 Å². The van der Waals surface area contributed by atoms with Gasteiger partial charge in [0, 0.05) is 0 Å². The molecule has 38 heavy (non-hydrogen) atoms. The van der Waals surface area contributed by atoms with Gasteiger partial charge in [-0.25, -0.2) is 0 Å². The largest absolute Gasteiger partial charge is 0.0622 e. The Hall–Kier alpha value is -4.42. The highest BCUT2D eigenvalue weighted by molar-refractivity contribution is 6.09. The molecule has 0 heterocycles. The second-order valence-corrected chi connectivity index (χ2v) is 10.6. The minimum absolute atomic E-state index is 1.23. The molecule has 6 aromatic rings. The fourth-order valence-electron chi connectivity index (χ4n) is 5.79. The van der Waals surface area contributed by atoms with Gasteiger partial charge in [-0.05, 0) is 107 Å². The molecule has 0 aliphatic rings. The van der Waals surface area contributed by atoms with Crippen molar-refractivity contribution in [2.75, 3.05) is 0 Å². The van der Waals surface area contributed by atoms with Crippen molar-refractivity contribution in [3.63, 3.8) is 0 Å². The first-order chi connectivity index (χ1) is 18.4. The van der Waals surface area contributed by atoms with E-state index in [1.54, 1.807) is 0 Å². The van der Waals surface area contributed by atoms with Crippen LogP contribution in [0.1, 0.15) is 22.3 Å². The van der Waals surface area contributed by atoms with Gasteiger partial charge in [0.25, 0.3) is 0 Å². The highest BCUT2D eigenvalue weighted by Gasteiger charge is 2.16. The van der Waals surface area contributed by atoms with Crippen molar-refractivity contribution >= 4 is 10.8 Å². The van der Waals surface area contributed by atoms with E-state index in [0.29, 0.717) is 0 Å². The van der Waals surface area contributed by atoms with Crippen molar-refractivity contribution in [2.24, 2.45) is 0 Å². The van der Waals surface area contributed by atoms with Crippen molar-refractivity contribution in [3.8, 4) is 44.5 Å². The Kier molecular flexibility index (Phi) is 6.18. The molecule has 0 heteroatoms. The predicted molar refractivity (Wildman–Crippen MR) is 165 cm³/mol. The number of aryl methyl sites for hydroxylation is 4. The molecule has 0 spiro atoms. The van der Waals surface area contributed by atoms with Gasteiger partial charge in [-0.15, -0.1) is 0 Å². The molecule has 6 aromatic carbocycles. The Morgan fingerprint density at radius 2 is 0.632 bits per heavy atom. The van der Waals surface area contributed by atoms with E-state index in [4.69, 9.17) is 0 Å². The molecule has 0 amide bonds. The number of rotatable bonds is 4. The van der Waals surface area contributed by atoms with Crippen molar-refractivity contribution in [1.29, 1.82) is 0 Å². The van der Waals surface area contributed by atoms with Crippen molar-refractivity contribution in [3.05, 3.63) is 144 Å². The summed E-state index contributed by atoms with van der Waals surface area (Å²) in [5, 5.41) is 2.57. The van der Waals surface area contributed by atoms with E-state index in [2.05, 4.69) is 149 Å². The van der Waals surface area contributed by atoms with E-state index in [1.807, 2.05) is 0 Å². The van der Waals surface area contributed by atoms with Crippen LogP contribution in [0.2, 0.25) is 0 Å². The Balaban J connectivity index is 1.76. The average molecular weight is 489 g/mol. The number of fused-ring (bicyclic) bond motifs is 1. The molecule has 0 aliphatic carbocycles. The molecule has 6 rings (SSSR count). The zero-order valence-corrected chi connectivity index (χ0v) is 22.5. The molecule has 0 atom stereocenters. The first-order valence-electron chi connectivity index (χ1n) is 13.3. The zero-order chi connectivity index (χ0) is 26.2. The van der Waals surface area contributed by atoms with Gasteiger partial charge in [-0.2, -0.15) is 0 Å². The molecular weight excluding hydrogens is 456 g/mol. The second kappa shape index (κ2) is 9.80. The summed E-state index contributed by atoms with van der Waals surface area (Å²) in [7, 11) is 0. The maximum Gasteiger partial charge on any atom is -0.00926 e. The lowest BCUT2D eigenvalue weighted by molar-refractivity contribution is 1.38. The van der Waals surface area contributed by atoms with Crippen LogP contribution >= 0.6 is 0 Å². The number of hydrogen-bond donors (Lipinski definition) is 0.